The first-order chi connectivity index (χ1) is 16.7. The Morgan fingerprint density at radius 1 is 0.886 bits per heavy atom. The molecule has 0 radical (unpaired) electrons. The minimum atomic E-state index is 0. The highest BCUT2D eigenvalue weighted by molar-refractivity contribution is 6.30. The third-order valence-electron chi connectivity index (χ3n) is 6.82. The van der Waals surface area contributed by atoms with E-state index in [1.165, 1.54) is 29.2 Å². The largest absolute Gasteiger partial charge is 0.342 e. The fourth-order valence-corrected chi connectivity index (χ4v) is 4.88. The summed E-state index contributed by atoms with van der Waals surface area (Å²) < 4.78 is 0. The van der Waals surface area contributed by atoms with E-state index in [-0.39, 0.29) is 18.3 Å². The maximum atomic E-state index is 12.9. The Hall–Kier alpha value is -2.11. The molecule has 1 fully saturated rings. The number of carbonyl (C=O) groups excluding carboxylic acids is 1. The van der Waals surface area contributed by atoms with E-state index in [4.69, 9.17) is 11.6 Å². The molecule has 0 unspecified atom stereocenters. The molecule has 6 heteroatoms. The van der Waals surface area contributed by atoms with Crippen molar-refractivity contribution in [1.82, 2.24) is 15.5 Å². The van der Waals surface area contributed by atoms with Crippen LogP contribution in [0.15, 0.2) is 66.7 Å². The summed E-state index contributed by atoms with van der Waals surface area (Å²) >= 11 is 5.92. The number of nitrogens with one attached hydrogen (secondary N) is 2. The average molecular weight is 515 g/mol. The van der Waals surface area contributed by atoms with Gasteiger partial charge in [-0.2, -0.15) is 0 Å². The molecule has 1 aliphatic rings. The Labute approximate surface area is 220 Å². The Balaban J connectivity index is 0.00000342. The van der Waals surface area contributed by atoms with Crippen LogP contribution in [0.4, 0.5) is 0 Å². The zero-order valence-corrected chi connectivity index (χ0v) is 21.9. The SMILES string of the molecule is Cl.O=C(Cc1cccc2ccccc12)N1CCC(CNCCCCNCc2ccc(Cl)cc2)CC1. The fraction of sp³-hybridized carbons (Fsp3) is 0.414. The van der Waals surface area contributed by atoms with Gasteiger partial charge in [-0.3, -0.25) is 4.79 Å². The number of amides is 1. The predicted octanol–water partition coefficient (Wildman–Crippen LogP) is 5.86. The number of hydrogen-bond acceptors (Lipinski definition) is 3. The molecule has 1 aliphatic heterocycles. The van der Waals surface area contributed by atoms with E-state index in [0.717, 1.165) is 62.7 Å². The molecule has 1 heterocycles. The quantitative estimate of drug-likeness (QED) is 0.315. The summed E-state index contributed by atoms with van der Waals surface area (Å²) in [6.07, 6.45) is 5.03. The van der Waals surface area contributed by atoms with Gasteiger partial charge in [0.25, 0.3) is 0 Å². The summed E-state index contributed by atoms with van der Waals surface area (Å²) in [6, 6.07) is 22.6. The van der Waals surface area contributed by atoms with Gasteiger partial charge < -0.3 is 15.5 Å². The van der Waals surface area contributed by atoms with E-state index < -0.39 is 0 Å². The molecule has 0 atom stereocenters. The van der Waals surface area contributed by atoms with Crippen molar-refractivity contribution in [3.8, 4) is 0 Å². The standard InChI is InChI=1S/C29H36ClN3O.ClH/c30-27-12-10-23(11-13-27)21-31-16-3-4-17-32-22-24-14-18-33(19-15-24)29(34)20-26-8-5-7-25-6-1-2-9-28(25)26;/h1-2,5-13,24,31-32H,3-4,14-22H2;1H. The second-order valence-corrected chi connectivity index (χ2v) is 9.79. The van der Waals surface area contributed by atoms with Gasteiger partial charge in [-0.15, -0.1) is 12.4 Å². The third kappa shape index (κ3) is 8.50. The lowest BCUT2D eigenvalue weighted by molar-refractivity contribution is -0.131. The Morgan fingerprint density at radius 3 is 2.34 bits per heavy atom. The number of fused-ring (bicyclic) bond motifs is 1. The van der Waals surface area contributed by atoms with E-state index in [0.29, 0.717) is 12.3 Å². The van der Waals surface area contributed by atoms with Crippen LogP contribution in [0.25, 0.3) is 10.8 Å². The third-order valence-corrected chi connectivity index (χ3v) is 7.07. The lowest BCUT2D eigenvalue weighted by atomic mass is 9.95. The van der Waals surface area contributed by atoms with Gasteiger partial charge in [0.15, 0.2) is 0 Å². The molecule has 188 valence electrons. The molecule has 0 saturated carbocycles. The zero-order chi connectivity index (χ0) is 23.6. The monoisotopic (exact) mass is 513 g/mol. The van der Waals surface area contributed by atoms with Crippen LogP contribution in [0.1, 0.15) is 36.8 Å². The second kappa shape index (κ2) is 14.4. The molecule has 4 rings (SSSR count). The molecule has 0 aliphatic carbocycles. The van der Waals surface area contributed by atoms with Crippen LogP contribution in [0, 0.1) is 5.92 Å². The van der Waals surface area contributed by atoms with E-state index >= 15 is 0 Å². The van der Waals surface area contributed by atoms with Crippen molar-refractivity contribution in [1.29, 1.82) is 0 Å². The molecule has 4 nitrogen and oxygen atoms in total. The minimum absolute atomic E-state index is 0. The fourth-order valence-electron chi connectivity index (χ4n) is 4.75. The Bertz CT molecular complexity index is 1040. The highest BCUT2D eigenvalue weighted by Gasteiger charge is 2.22. The molecule has 0 aromatic heterocycles. The summed E-state index contributed by atoms with van der Waals surface area (Å²) in [5.41, 5.74) is 2.40. The van der Waals surface area contributed by atoms with Crippen molar-refractivity contribution in [3.05, 3.63) is 82.9 Å². The van der Waals surface area contributed by atoms with Gasteiger partial charge >= 0.3 is 0 Å². The normalized spacial score (nSPS) is 14.1. The van der Waals surface area contributed by atoms with Crippen molar-refractivity contribution in [3.63, 3.8) is 0 Å². The summed E-state index contributed by atoms with van der Waals surface area (Å²) in [5.74, 6) is 0.929. The van der Waals surface area contributed by atoms with Gasteiger partial charge in [-0.25, -0.2) is 0 Å². The second-order valence-electron chi connectivity index (χ2n) is 9.35. The molecule has 0 spiro atoms. The van der Waals surface area contributed by atoms with E-state index in [2.05, 4.69) is 58.0 Å². The number of rotatable bonds is 11. The summed E-state index contributed by atoms with van der Waals surface area (Å²) in [5, 5.41) is 10.3. The average Bonchev–Trinajstić information content (AvgIpc) is 2.87. The molecule has 1 saturated heterocycles. The summed E-state index contributed by atoms with van der Waals surface area (Å²) in [4.78, 5) is 15.0. The lowest BCUT2D eigenvalue weighted by Gasteiger charge is -2.32. The van der Waals surface area contributed by atoms with Crippen molar-refractivity contribution >= 4 is 40.7 Å². The van der Waals surface area contributed by atoms with Gasteiger partial charge in [0, 0.05) is 24.7 Å². The molecule has 1 amide bonds. The highest BCUT2D eigenvalue weighted by atomic mass is 35.5. The molecule has 0 bridgehead atoms. The van der Waals surface area contributed by atoms with Crippen molar-refractivity contribution < 1.29 is 4.79 Å². The molecule has 3 aromatic carbocycles. The molecule has 2 N–H and O–H groups in total. The smallest absolute Gasteiger partial charge is 0.227 e. The first kappa shape index (κ1) is 27.5. The maximum absolute atomic E-state index is 12.9. The number of benzene rings is 3. The molecular formula is C29H37Cl2N3O. The van der Waals surface area contributed by atoms with E-state index in [9.17, 15) is 4.79 Å². The predicted molar refractivity (Wildman–Crippen MR) is 149 cm³/mol. The first-order valence-corrected chi connectivity index (χ1v) is 13.0. The molecular weight excluding hydrogens is 477 g/mol. The van der Waals surface area contributed by atoms with Crippen LogP contribution in [-0.4, -0.2) is 43.5 Å². The van der Waals surface area contributed by atoms with Gasteiger partial charge in [0.05, 0.1) is 6.42 Å². The minimum Gasteiger partial charge on any atom is -0.342 e. The van der Waals surface area contributed by atoms with E-state index in [1.807, 2.05) is 24.3 Å². The summed E-state index contributed by atoms with van der Waals surface area (Å²) in [6.45, 7) is 5.80. The Kier molecular flexibility index (Phi) is 11.3. The highest BCUT2D eigenvalue weighted by Crippen LogP contribution is 2.21. The topological polar surface area (TPSA) is 44.4 Å². The Morgan fingerprint density at radius 2 is 1.57 bits per heavy atom. The lowest BCUT2D eigenvalue weighted by Crippen LogP contribution is -2.41. The van der Waals surface area contributed by atoms with Gasteiger partial charge in [-0.1, -0.05) is 66.2 Å². The van der Waals surface area contributed by atoms with Crippen LogP contribution < -0.4 is 10.6 Å². The summed E-state index contributed by atoms with van der Waals surface area (Å²) in [7, 11) is 0. The van der Waals surface area contributed by atoms with E-state index in [1.54, 1.807) is 0 Å². The van der Waals surface area contributed by atoms with Gasteiger partial charge in [0.1, 0.15) is 0 Å². The number of carbonyl (C=O) groups is 1. The van der Waals surface area contributed by atoms with Crippen LogP contribution in [-0.2, 0) is 17.8 Å². The van der Waals surface area contributed by atoms with Crippen molar-refractivity contribution in [2.24, 2.45) is 5.92 Å². The maximum Gasteiger partial charge on any atom is 0.227 e. The number of piperidine rings is 1. The first-order valence-electron chi connectivity index (χ1n) is 12.6. The van der Waals surface area contributed by atoms with Crippen molar-refractivity contribution in [2.45, 2.75) is 38.6 Å². The number of unbranched alkanes of at least 4 members (excludes halogenated alkanes) is 1. The van der Waals surface area contributed by atoms with Crippen LogP contribution in [0.3, 0.4) is 0 Å². The number of likely N-dealkylation sites (tertiary alicyclic amines) is 1. The van der Waals surface area contributed by atoms with Crippen LogP contribution >= 0.6 is 24.0 Å². The number of halogens is 2. The number of hydrogen-bond donors (Lipinski definition) is 2. The van der Waals surface area contributed by atoms with Gasteiger partial charge in [0.2, 0.25) is 5.91 Å². The number of nitrogens with zero attached hydrogens (tertiary/aromatic N) is 1. The molecule has 35 heavy (non-hydrogen) atoms. The van der Waals surface area contributed by atoms with Crippen molar-refractivity contribution in [2.75, 3.05) is 32.7 Å². The van der Waals surface area contributed by atoms with Crippen LogP contribution in [0.2, 0.25) is 5.02 Å². The van der Waals surface area contributed by atoms with Crippen LogP contribution in [0.5, 0.6) is 0 Å². The van der Waals surface area contributed by atoms with Gasteiger partial charge in [-0.05, 0) is 85.3 Å². The zero-order valence-electron chi connectivity index (χ0n) is 20.3. The molecule has 3 aromatic rings.